The molecular formula is C14H13ClN2O2. The smallest absolute Gasteiger partial charge is 0.119 e. The maximum absolute atomic E-state index is 9.41. The van der Waals surface area contributed by atoms with E-state index in [1.165, 1.54) is 18.2 Å². The Balaban J connectivity index is 2.19. The molecule has 0 amide bonds. The Kier molecular flexibility index (Phi) is 3.92. The fourth-order valence-electron chi connectivity index (χ4n) is 1.58. The van der Waals surface area contributed by atoms with E-state index in [0.29, 0.717) is 16.3 Å². The molecule has 3 N–H and O–H groups in total. The third kappa shape index (κ3) is 3.63. The van der Waals surface area contributed by atoms with Gasteiger partial charge < -0.3 is 10.2 Å². The summed E-state index contributed by atoms with van der Waals surface area (Å²) in [6.07, 6.45) is 0. The van der Waals surface area contributed by atoms with Gasteiger partial charge in [0.05, 0.1) is 11.4 Å². The number of nitrogens with one attached hydrogen (secondary N) is 1. The summed E-state index contributed by atoms with van der Waals surface area (Å²) in [6, 6.07) is 11.5. The zero-order chi connectivity index (χ0) is 13.8. The molecule has 0 spiro atoms. The van der Waals surface area contributed by atoms with Crippen molar-refractivity contribution in [3.8, 4) is 11.5 Å². The monoisotopic (exact) mass is 276 g/mol. The van der Waals surface area contributed by atoms with Crippen LogP contribution in [0.25, 0.3) is 0 Å². The lowest BCUT2D eigenvalue weighted by molar-refractivity contribution is 0.450. The van der Waals surface area contributed by atoms with Gasteiger partial charge in [0.15, 0.2) is 0 Å². The van der Waals surface area contributed by atoms with Crippen LogP contribution in [-0.4, -0.2) is 15.9 Å². The molecule has 0 aliphatic rings. The third-order valence-corrected chi connectivity index (χ3v) is 2.73. The van der Waals surface area contributed by atoms with Crippen LogP contribution in [0, 0.1) is 0 Å². The average molecular weight is 277 g/mol. The van der Waals surface area contributed by atoms with E-state index in [1.807, 2.05) is 12.1 Å². The van der Waals surface area contributed by atoms with E-state index in [0.717, 1.165) is 5.69 Å². The second-order valence-electron chi connectivity index (χ2n) is 4.06. The van der Waals surface area contributed by atoms with Crippen molar-refractivity contribution in [1.29, 1.82) is 0 Å². The zero-order valence-corrected chi connectivity index (χ0v) is 11.0. The highest BCUT2D eigenvalue weighted by Gasteiger charge is 2.02. The molecule has 2 aromatic rings. The Morgan fingerprint density at radius 3 is 2.42 bits per heavy atom. The molecule has 0 aliphatic carbocycles. The fourth-order valence-corrected chi connectivity index (χ4v) is 1.77. The number of aromatic hydroxyl groups is 2. The van der Waals surface area contributed by atoms with E-state index in [2.05, 4.69) is 10.5 Å². The van der Waals surface area contributed by atoms with Gasteiger partial charge in [-0.2, -0.15) is 5.10 Å². The Morgan fingerprint density at radius 1 is 1.11 bits per heavy atom. The molecule has 4 nitrogen and oxygen atoms in total. The molecule has 19 heavy (non-hydrogen) atoms. The first kappa shape index (κ1) is 13.2. The van der Waals surface area contributed by atoms with Gasteiger partial charge in [-0.05, 0) is 37.3 Å². The van der Waals surface area contributed by atoms with Crippen molar-refractivity contribution in [2.75, 3.05) is 5.43 Å². The minimum Gasteiger partial charge on any atom is -0.508 e. The van der Waals surface area contributed by atoms with E-state index in [1.54, 1.807) is 19.1 Å². The van der Waals surface area contributed by atoms with Gasteiger partial charge in [-0.25, -0.2) is 0 Å². The summed E-state index contributed by atoms with van der Waals surface area (Å²) in [7, 11) is 0. The quantitative estimate of drug-likeness (QED) is 0.593. The molecule has 5 heteroatoms. The summed E-state index contributed by atoms with van der Waals surface area (Å²) in [5.41, 5.74) is 4.89. The van der Waals surface area contributed by atoms with Crippen LogP contribution in [-0.2, 0) is 0 Å². The minimum absolute atomic E-state index is 0.00712. The minimum atomic E-state index is -0.00712. The molecule has 0 aliphatic heterocycles. The number of hydrogen-bond donors (Lipinski definition) is 3. The van der Waals surface area contributed by atoms with Crippen molar-refractivity contribution >= 4 is 23.0 Å². The van der Waals surface area contributed by atoms with Gasteiger partial charge in [-0.15, -0.1) is 0 Å². The number of halogens is 1. The number of hydrogen-bond acceptors (Lipinski definition) is 4. The summed E-state index contributed by atoms with van der Waals surface area (Å²) >= 11 is 5.86. The van der Waals surface area contributed by atoms with Crippen molar-refractivity contribution in [3.05, 3.63) is 53.1 Å². The van der Waals surface area contributed by atoms with Crippen LogP contribution in [0.15, 0.2) is 47.6 Å². The van der Waals surface area contributed by atoms with E-state index in [-0.39, 0.29) is 11.5 Å². The number of anilines is 1. The second-order valence-corrected chi connectivity index (χ2v) is 4.49. The first-order valence-corrected chi connectivity index (χ1v) is 6.01. The molecule has 0 unspecified atom stereocenters. The molecule has 2 rings (SSSR count). The molecule has 0 aromatic heterocycles. The van der Waals surface area contributed by atoms with Gasteiger partial charge in [0.25, 0.3) is 0 Å². The predicted octanol–water partition coefficient (Wildman–Crippen LogP) is 3.59. The fraction of sp³-hybridized carbons (Fsp3) is 0.0714. The van der Waals surface area contributed by atoms with E-state index in [9.17, 15) is 10.2 Å². The number of rotatable bonds is 3. The van der Waals surface area contributed by atoms with Crippen molar-refractivity contribution in [3.63, 3.8) is 0 Å². The summed E-state index contributed by atoms with van der Waals surface area (Å²) in [5.74, 6) is -0.0142. The van der Waals surface area contributed by atoms with Gasteiger partial charge >= 0.3 is 0 Å². The second kappa shape index (κ2) is 5.63. The Morgan fingerprint density at radius 2 is 1.79 bits per heavy atom. The Hall–Kier alpha value is -2.20. The van der Waals surface area contributed by atoms with Crippen molar-refractivity contribution in [1.82, 2.24) is 0 Å². The number of benzene rings is 2. The number of phenols is 2. The SMILES string of the molecule is C/C(=N\Nc1cccc(Cl)c1)c1cc(O)cc(O)c1. The summed E-state index contributed by atoms with van der Waals surface area (Å²) in [5, 5.41) is 23.6. The highest BCUT2D eigenvalue weighted by atomic mass is 35.5. The van der Waals surface area contributed by atoms with Gasteiger partial charge in [-0.1, -0.05) is 17.7 Å². The maximum atomic E-state index is 9.41. The third-order valence-electron chi connectivity index (χ3n) is 2.50. The van der Waals surface area contributed by atoms with Crippen LogP contribution >= 0.6 is 11.6 Å². The van der Waals surface area contributed by atoms with Gasteiger partial charge in [0.2, 0.25) is 0 Å². The first-order chi connectivity index (χ1) is 9.04. The topological polar surface area (TPSA) is 64.9 Å². The highest BCUT2D eigenvalue weighted by Crippen LogP contribution is 2.21. The molecule has 0 atom stereocenters. The van der Waals surface area contributed by atoms with Gasteiger partial charge in [-0.3, -0.25) is 5.43 Å². The maximum Gasteiger partial charge on any atom is 0.119 e. The molecule has 0 saturated carbocycles. The standard InChI is InChI=1S/C14H13ClN2O2/c1-9(10-5-13(18)8-14(19)6-10)16-17-12-4-2-3-11(15)7-12/h2-8,17-19H,1H3/b16-9+. The number of hydrazone groups is 1. The first-order valence-electron chi connectivity index (χ1n) is 5.64. The average Bonchev–Trinajstić information content (AvgIpc) is 2.35. The van der Waals surface area contributed by atoms with Crippen LogP contribution in [0.3, 0.4) is 0 Å². The molecule has 0 fully saturated rings. The predicted molar refractivity (Wildman–Crippen MR) is 77.1 cm³/mol. The van der Waals surface area contributed by atoms with Gasteiger partial charge in [0, 0.05) is 16.7 Å². The molecule has 2 aromatic carbocycles. The Bertz CT molecular complexity index is 606. The summed E-state index contributed by atoms with van der Waals surface area (Å²) in [4.78, 5) is 0. The van der Waals surface area contributed by atoms with E-state index >= 15 is 0 Å². The van der Waals surface area contributed by atoms with E-state index < -0.39 is 0 Å². The van der Waals surface area contributed by atoms with E-state index in [4.69, 9.17) is 11.6 Å². The molecule has 0 bridgehead atoms. The molecule has 98 valence electrons. The molecule has 0 saturated heterocycles. The van der Waals surface area contributed by atoms with Crippen molar-refractivity contribution in [2.24, 2.45) is 5.10 Å². The highest BCUT2D eigenvalue weighted by molar-refractivity contribution is 6.30. The van der Waals surface area contributed by atoms with Crippen LogP contribution < -0.4 is 5.43 Å². The number of nitrogens with zero attached hydrogens (tertiary/aromatic N) is 1. The molecule has 0 heterocycles. The van der Waals surface area contributed by atoms with Crippen molar-refractivity contribution in [2.45, 2.75) is 6.92 Å². The lowest BCUT2D eigenvalue weighted by Crippen LogP contribution is -1.99. The Labute approximate surface area is 116 Å². The normalized spacial score (nSPS) is 11.4. The van der Waals surface area contributed by atoms with Gasteiger partial charge in [0.1, 0.15) is 11.5 Å². The van der Waals surface area contributed by atoms with Crippen LogP contribution in [0.1, 0.15) is 12.5 Å². The molecular weight excluding hydrogens is 264 g/mol. The largest absolute Gasteiger partial charge is 0.508 e. The zero-order valence-electron chi connectivity index (χ0n) is 10.3. The lowest BCUT2D eigenvalue weighted by atomic mass is 10.1. The van der Waals surface area contributed by atoms with Crippen molar-refractivity contribution < 1.29 is 10.2 Å². The summed E-state index contributed by atoms with van der Waals surface area (Å²) < 4.78 is 0. The molecule has 0 radical (unpaired) electrons. The number of phenolic OH excluding ortho intramolecular Hbond substituents is 2. The lowest BCUT2D eigenvalue weighted by Gasteiger charge is -2.05. The van der Waals surface area contributed by atoms with Crippen LogP contribution in [0.2, 0.25) is 5.02 Å². The summed E-state index contributed by atoms with van der Waals surface area (Å²) in [6.45, 7) is 1.77. The van der Waals surface area contributed by atoms with Crippen LogP contribution in [0.4, 0.5) is 5.69 Å². The van der Waals surface area contributed by atoms with Crippen LogP contribution in [0.5, 0.6) is 11.5 Å².